The number of carbonyl (C=O) groups is 2. The molecule has 0 spiro atoms. The largest absolute Gasteiger partial charge is 0.480 e. The van der Waals surface area contributed by atoms with E-state index < -0.39 is 11.5 Å². The number of carbonyl (C=O) groups excluding carboxylic acids is 1. The summed E-state index contributed by atoms with van der Waals surface area (Å²) in [6.07, 6.45) is 6.66. The molecule has 0 bridgehead atoms. The Morgan fingerprint density at radius 2 is 2.10 bits per heavy atom. The van der Waals surface area contributed by atoms with E-state index >= 15 is 0 Å². The zero-order valence-corrected chi connectivity index (χ0v) is 12.2. The molecule has 0 radical (unpaired) electrons. The molecule has 2 N–H and O–H groups in total. The molecule has 1 aliphatic carbocycles. The molecule has 0 unspecified atom stereocenters. The Bertz CT molecular complexity index is 530. The average Bonchev–Trinajstić information content (AvgIpc) is 2.83. The first-order valence-electron chi connectivity index (χ1n) is 6.68. The van der Waals surface area contributed by atoms with Crippen molar-refractivity contribution in [2.24, 2.45) is 0 Å². The fourth-order valence-corrected chi connectivity index (χ4v) is 3.02. The number of carboxylic acids is 1. The SMILES string of the molecule is Cc1nc(/C=C/C(=O)NC2(C(=O)O)CCCCC2)cs1. The van der Waals surface area contributed by atoms with Gasteiger partial charge in [0.25, 0.3) is 0 Å². The van der Waals surface area contributed by atoms with Crippen LogP contribution < -0.4 is 5.32 Å². The maximum Gasteiger partial charge on any atom is 0.329 e. The zero-order chi connectivity index (χ0) is 14.6. The Morgan fingerprint density at radius 3 is 2.65 bits per heavy atom. The van der Waals surface area contributed by atoms with Crippen molar-refractivity contribution in [1.82, 2.24) is 10.3 Å². The molecule has 108 valence electrons. The molecular formula is C14H18N2O3S. The standard InChI is InChI=1S/C14H18N2O3S/c1-10-15-11(9-20-10)5-6-12(17)16-14(13(18)19)7-3-2-4-8-14/h5-6,9H,2-4,7-8H2,1H3,(H,16,17)(H,18,19)/b6-5+. The lowest BCUT2D eigenvalue weighted by molar-refractivity contribution is -0.148. The molecule has 1 fully saturated rings. The summed E-state index contributed by atoms with van der Waals surface area (Å²) in [4.78, 5) is 27.6. The van der Waals surface area contributed by atoms with Gasteiger partial charge in [-0.3, -0.25) is 4.79 Å². The van der Waals surface area contributed by atoms with Crippen molar-refractivity contribution in [1.29, 1.82) is 0 Å². The fourth-order valence-electron chi connectivity index (χ4n) is 2.44. The third-order valence-electron chi connectivity index (χ3n) is 3.52. The van der Waals surface area contributed by atoms with Gasteiger partial charge in [-0.2, -0.15) is 0 Å². The molecular weight excluding hydrogens is 276 g/mol. The summed E-state index contributed by atoms with van der Waals surface area (Å²) in [7, 11) is 0. The minimum absolute atomic E-state index is 0.375. The van der Waals surface area contributed by atoms with Crippen molar-refractivity contribution in [3.05, 3.63) is 22.2 Å². The van der Waals surface area contributed by atoms with Crippen molar-refractivity contribution in [3.8, 4) is 0 Å². The lowest BCUT2D eigenvalue weighted by atomic mass is 9.81. The first-order valence-corrected chi connectivity index (χ1v) is 7.56. The summed E-state index contributed by atoms with van der Waals surface area (Å²) in [6, 6.07) is 0. The number of rotatable bonds is 4. The van der Waals surface area contributed by atoms with E-state index in [4.69, 9.17) is 0 Å². The third kappa shape index (κ3) is 3.45. The molecule has 20 heavy (non-hydrogen) atoms. The first-order chi connectivity index (χ1) is 9.52. The molecule has 1 heterocycles. The predicted octanol–water partition coefficient (Wildman–Crippen LogP) is 2.37. The Labute approximate surface area is 121 Å². The Balaban J connectivity index is 2.01. The molecule has 1 aromatic heterocycles. The smallest absolute Gasteiger partial charge is 0.329 e. The van der Waals surface area contributed by atoms with Crippen LogP contribution in [0, 0.1) is 6.92 Å². The molecule has 1 aliphatic rings. The first kappa shape index (κ1) is 14.7. The van der Waals surface area contributed by atoms with Gasteiger partial charge in [-0.15, -0.1) is 11.3 Å². The molecule has 0 saturated heterocycles. The molecule has 0 atom stereocenters. The number of nitrogens with one attached hydrogen (secondary N) is 1. The number of hydrogen-bond donors (Lipinski definition) is 2. The van der Waals surface area contributed by atoms with E-state index in [2.05, 4.69) is 10.3 Å². The summed E-state index contributed by atoms with van der Waals surface area (Å²) in [6.45, 7) is 1.89. The summed E-state index contributed by atoms with van der Waals surface area (Å²) in [5.74, 6) is -1.32. The highest BCUT2D eigenvalue weighted by Crippen LogP contribution is 2.28. The second-order valence-electron chi connectivity index (χ2n) is 5.06. The molecule has 5 nitrogen and oxygen atoms in total. The van der Waals surface area contributed by atoms with Crippen LogP contribution >= 0.6 is 11.3 Å². The van der Waals surface area contributed by atoms with E-state index in [0.717, 1.165) is 30.0 Å². The van der Waals surface area contributed by atoms with E-state index in [1.54, 1.807) is 6.08 Å². The van der Waals surface area contributed by atoms with Crippen LogP contribution in [0.1, 0.15) is 42.8 Å². The number of carboxylic acid groups (broad SMARTS) is 1. The molecule has 1 saturated carbocycles. The van der Waals surface area contributed by atoms with E-state index in [9.17, 15) is 14.7 Å². The Kier molecular flexibility index (Phi) is 4.54. The number of amides is 1. The van der Waals surface area contributed by atoms with E-state index in [0.29, 0.717) is 12.8 Å². The van der Waals surface area contributed by atoms with Crippen LogP contribution in [0.4, 0.5) is 0 Å². The monoisotopic (exact) mass is 294 g/mol. The number of nitrogens with zero attached hydrogens (tertiary/aromatic N) is 1. The second kappa shape index (κ2) is 6.17. The molecule has 0 aromatic carbocycles. The van der Waals surface area contributed by atoms with Crippen molar-refractivity contribution in [3.63, 3.8) is 0 Å². The van der Waals surface area contributed by atoms with Gasteiger partial charge in [-0.1, -0.05) is 19.3 Å². The normalized spacial score (nSPS) is 18.1. The minimum atomic E-state index is -1.10. The Hall–Kier alpha value is -1.69. The van der Waals surface area contributed by atoms with Gasteiger partial charge in [0.05, 0.1) is 10.7 Å². The van der Waals surface area contributed by atoms with Gasteiger partial charge in [0.15, 0.2) is 0 Å². The summed E-state index contributed by atoms with van der Waals surface area (Å²) < 4.78 is 0. The summed E-state index contributed by atoms with van der Waals surface area (Å²) in [5, 5.41) is 14.8. The number of aliphatic carboxylic acids is 1. The van der Waals surface area contributed by atoms with Crippen molar-refractivity contribution in [2.75, 3.05) is 0 Å². The van der Waals surface area contributed by atoms with Crippen LogP contribution in [-0.2, 0) is 9.59 Å². The number of hydrogen-bond acceptors (Lipinski definition) is 4. The van der Waals surface area contributed by atoms with Crippen molar-refractivity contribution in [2.45, 2.75) is 44.6 Å². The molecule has 1 aromatic rings. The molecule has 2 rings (SSSR count). The number of aromatic nitrogens is 1. The lowest BCUT2D eigenvalue weighted by Crippen LogP contribution is -2.55. The molecule has 0 aliphatic heterocycles. The quantitative estimate of drug-likeness (QED) is 0.836. The van der Waals surface area contributed by atoms with Gasteiger partial charge in [0, 0.05) is 11.5 Å². The van der Waals surface area contributed by atoms with Crippen LogP contribution in [0.5, 0.6) is 0 Å². The van der Waals surface area contributed by atoms with Gasteiger partial charge in [0.1, 0.15) is 5.54 Å². The van der Waals surface area contributed by atoms with Crippen LogP contribution in [0.3, 0.4) is 0 Å². The van der Waals surface area contributed by atoms with E-state index in [1.807, 2.05) is 12.3 Å². The molecule has 1 amide bonds. The zero-order valence-electron chi connectivity index (χ0n) is 11.4. The summed E-state index contributed by atoms with van der Waals surface area (Å²) >= 11 is 1.51. The maximum atomic E-state index is 11.9. The third-order valence-corrected chi connectivity index (χ3v) is 4.31. The molecule has 6 heteroatoms. The van der Waals surface area contributed by atoms with Crippen LogP contribution in [-0.4, -0.2) is 27.5 Å². The van der Waals surface area contributed by atoms with Crippen molar-refractivity contribution < 1.29 is 14.7 Å². The van der Waals surface area contributed by atoms with Crippen LogP contribution in [0.25, 0.3) is 6.08 Å². The summed E-state index contributed by atoms with van der Waals surface area (Å²) in [5.41, 5.74) is -0.381. The van der Waals surface area contributed by atoms with Gasteiger partial charge in [-0.25, -0.2) is 9.78 Å². The average molecular weight is 294 g/mol. The van der Waals surface area contributed by atoms with Crippen LogP contribution in [0.15, 0.2) is 11.5 Å². The van der Waals surface area contributed by atoms with Gasteiger partial charge < -0.3 is 10.4 Å². The minimum Gasteiger partial charge on any atom is -0.480 e. The second-order valence-corrected chi connectivity index (χ2v) is 6.12. The topological polar surface area (TPSA) is 79.3 Å². The van der Waals surface area contributed by atoms with E-state index in [1.165, 1.54) is 17.4 Å². The van der Waals surface area contributed by atoms with Crippen LogP contribution in [0.2, 0.25) is 0 Å². The highest BCUT2D eigenvalue weighted by atomic mass is 32.1. The van der Waals surface area contributed by atoms with Gasteiger partial charge >= 0.3 is 5.97 Å². The number of aryl methyl sites for hydroxylation is 1. The lowest BCUT2D eigenvalue weighted by Gasteiger charge is -2.33. The highest BCUT2D eigenvalue weighted by molar-refractivity contribution is 7.09. The fraction of sp³-hybridized carbons (Fsp3) is 0.500. The number of thiazole rings is 1. The maximum absolute atomic E-state index is 11.9. The van der Waals surface area contributed by atoms with Crippen molar-refractivity contribution >= 4 is 29.3 Å². The Morgan fingerprint density at radius 1 is 1.40 bits per heavy atom. The van der Waals surface area contributed by atoms with E-state index in [-0.39, 0.29) is 5.91 Å². The predicted molar refractivity (Wildman–Crippen MR) is 77.5 cm³/mol. The highest BCUT2D eigenvalue weighted by Gasteiger charge is 2.40. The van der Waals surface area contributed by atoms with Gasteiger partial charge in [0.2, 0.25) is 5.91 Å². The van der Waals surface area contributed by atoms with Gasteiger partial charge in [-0.05, 0) is 25.8 Å².